The van der Waals surface area contributed by atoms with Crippen LogP contribution in [0.4, 0.5) is 5.13 Å². The van der Waals surface area contributed by atoms with E-state index in [2.05, 4.69) is 4.98 Å². The monoisotopic (exact) mass is 255 g/mol. The summed E-state index contributed by atoms with van der Waals surface area (Å²) in [6.45, 7) is 1.04. The fourth-order valence-electron chi connectivity index (χ4n) is 1.73. The second kappa shape index (κ2) is 5.57. The number of aliphatic hydroxyl groups is 1. The van der Waals surface area contributed by atoms with Gasteiger partial charge < -0.3 is 5.11 Å². The molecule has 0 atom stereocenters. The maximum absolute atomic E-state index is 12.0. The van der Waals surface area contributed by atoms with Crippen molar-refractivity contribution in [3.63, 3.8) is 0 Å². The average molecular weight is 255 g/mol. The summed E-state index contributed by atoms with van der Waals surface area (Å²) in [4.78, 5) is 19.8. The van der Waals surface area contributed by atoms with Gasteiger partial charge in [0, 0.05) is 31.2 Å². The van der Waals surface area contributed by atoms with Gasteiger partial charge in [-0.15, -0.1) is 11.3 Å². The lowest BCUT2D eigenvalue weighted by Gasteiger charge is -2.22. The number of thiazole rings is 1. The summed E-state index contributed by atoms with van der Waals surface area (Å²) in [5.74, 6) is 0.0281. The minimum atomic E-state index is 0.0281. The number of hydrogen-bond donors (Lipinski definition) is 1. The molecule has 0 aliphatic heterocycles. The predicted molar refractivity (Wildman–Crippen MR) is 67.2 cm³/mol. The Hall–Kier alpha value is -0.980. The average Bonchev–Trinajstić information content (AvgIpc) is 3.03. The molecular weight excluding hydrogens is 238 g/mol. The normalized spacial score (nSPS) is 15.2. The van der Waals surface area contributed by atoms with E-state index in [1.807, 2.05) is 10.3 Å². The van der Waals surface area contributed by atoms with Gasteiger partial charge in [0.1, 0.15) is 0 Å². The Bertz CT molecular complexity index is 365. The molecule has 94 valence electrons. The van der Waals surface area contributed by atoms with Gasteiger partial charge in [-0.25, -0.2) is 4.98 Å². The van der Waals surface area contributed by atoms with Crippen LogP contribution in [0.1, 0.15) is 12.8 Å². The molecule has 1 N–H and O–H groups in total. The summed E-state index contributed by atoms with van der Waals surface area (Å²) in [6.07, 6.45) is 3.96. The number of likely N-dealkylation sites (N-methyl/N-ethyl adjacent to an activating group) is 1. The van der Waals surface area contributed by atoms with E-state index in [1.165, 1.54) is 11.3 Å². The van der Waals surface area contributed by atoms with Gasteiger partial charge in [0.25, 0.3) is 0 Å². The van der Waals surface area contributed by atoms with Gasteiger partial charge >= 0.3 is 0 Å². The molecule has 1 fully saturated rings. The molecule has 0 unspecified atom stereocenters. The van der Waals surface area contributed by atoms with E-state index in [-0.39, 0.29) is 12.5 Å². The summed E-state index contributed by atoms with van der Waals surface area (Å²) in [7, 11) is 1.74. The Morgan fingerprint density at radius 3 is 2.94 bits per heavy atom. The van der Waals surface area contributed by atoms with Crippen LogP contribution in [-0.4, -0.2) is 53.7 Å². The number of nitrogens with zero attached hydrogens (tertiary/aromatic N) is 3. The van der Waals surface area contributed by atoms with E-state index in [4.69, 9.17) is 5.11 Å². The van der Waals surface area contributed by atoms with Gasteiger partial charge in [0.2, 0.25) is 5.91 Å². The van der Waals surface area contributed by atoms with E-state index in [0.29, 0.717) is 19.1 Å². The third kappa shape index (κ3) is 3.24. The number of aliphatic hydroxyl groups excluding tert-OH is 1. The first-order valence-corrected chi connectivity index (χ1v) is 6.61. The first-order valence-electron chi connectivity index (χ1n) is 5.73. The molecule has 1 aromatic heterocycles. The fourth-order valence-corrected chi connectivity index (χ4v) is 2.35. The standard InChI is InChI=1S/C11H17N3O2S/c1-13(11-12-4-7-17-11)10(16)8-14(5-6-15)9-2-3-9/h4,7,9,15H,2-3,5-6,8H2,1H3. The zero-order valence-electron chi connectivity index (χ0n) is 9.87. The summed E-state index contributed by atoms with van der Waals surface area (Å²) in [6, 6.07) is 0.482. The molecule has 0 bridgehead atoms. The molecule has 1 aromatic rings. The van der Waals surface area contributed by atoms with Crippen molar-refractivity contribution in [1.29, 1.82) is 0 Å². The molecule has 1 amide bonds. The molecule has 5 nitrogen and oxygen atoms in total. The Morgan fingerprint density at radius 1 is 1.65 bits per heavy atom. The maximum atomic E-state index is 12.0. The number of carbonyl (C=O) groups is 1. The first kappa shape index (κ1) is 12.5. The van der Waals surface area contributed by atoms with Gasteiger partial charge in [-0.1, -0.05) is 0 Å². The molecule has 2 rings (SSSR count). The lowest BCUT2D eigenvalue weighted by molar-refractivity contribution is -0.119. The molecule has 1 saturated carbocycles. The number of anilines is 1. The van der Waals surface area contributed by atoms with Gasteiger partial charge in [-0.2, -0.15) is 0 Å². The van der Waals surface area contributed by atoms with Crippen LogP contribution in [0.25, 0.3) is 0 Å². The van der Waals surface area contributed by atoms with E-state index in [0.717, 1.165) is 18.0 Å². The molecule has 0 saturated heterocycles. The van der Waals surface area contributed by atoms with E-state index in [1.54, 1.807) is 18.1 Å². The first-order chi connectivity index (χ1) is 8.22. The lowest BCUT2D eigenvalue weighted by Crippen LogP contribution is -2.40. The third-order valence-electron chi connectivity index (χ3n) is 2.87. The number of aromatic nitrogens is 1. The smallest absolute Gasteiger partial charge is 0.242 e. The highest BCUT2D eigenvalue weighted by molar-refractivity contribution is 7.13. The molecule has 1 aliphatic carbocycles. The third-order valence-corrected chi connectivity index (χ3v) is 3.72. The predicted octanol–water partition coefficient (Wildman–Crippen LogP) is 0.563. The fraction of sp³-hybridized carbons (Fsp3) is 0.636. The molecule has 17 heavy (non-hydrogen) atoms. The van der Waals surface area contributed by atoms with Crippen LogP contribution in [0.5, 0.6) is 0 Å². The SMILES string of the molecule is CN(C(=O)CN(CCO)C1CC1)c1nccs1. The van der Waals surface area contributed by atoms with Crippen molar-refractivity contribution >= 4 is 22.4 Å². The number of hydrogen-bond acceptors (Lipinski definition) is 5. The Labute approximate surface area is 105 Å². The van der Waals surface area contributed by atoms with Crippen LogP contribution >= 0.6 is 11.3 Å². The number of carbonyl (C=O) groups excluding carboxylic acids is 1. The highest BCUT2D eigenvalue weighted by Crippen LogP contribution is 2.26. The molecule has 1 heterocycles. The molecule has 0 aromatic carbocycles. The Balaban J connectivity index is 1.90. The summed E-state index contributed by atoms with van der Waals surface area (Å²) < 4.78 is 0. The second-order valence-corrected chi connectivity index (χ2v) is 5.07. The molecule has 6 heteroatoms. The summed E-state index contributed by atoms with van der Waals surface area (Å²) in [5, 5.41) is 11.5. The van der Waals surface area contributed by atoms with Crippen LogP contribution in [0.15, 0.2) is 11.6 Å². The van der Waals surface area contributed by atoms with Crippen LogP contribution in [0.3, 0.4) is 0 Å². The van der Waals surface area contributed by atoms with Crippen LogP contribution in [-0.2, 0) is 4.79 Å². The van der Waals surface area contributed by atoms with Crippen molar-refractivity contribution in [3.05, 3.63) is 11.6 Å². The van der Waals surface area contributed by atoms with Crippen molar-refractivity contribution in [2.24, 2.45) is 0 Å². The molecule has 0 radical (unpaired) electrons. The van der Waals surface area contributed by atoms with Crippen LogP contribution in [0, 0.1) is 0 Å². The van der Waals surface area contributed by atoms with Crippen LogP contribution < -0.4 is 4.90 Å². The molecule has 0 spiro atoms. The van der Waals surface area contributed by atoms with Gasteiger partial charge in [-0.3, -0.25) is 14.6 Å². The highest BCUT2D eigenvalue weighted by atomic mass is 32.1. The highest BCUT2D eigenvalue weighted by Gasteiger charge is 2.30. The Kier molecular flexibility index (Phi) is 4.09. The molecule has 1 aliphatic rings. The van der Waals surface area contributed by atoms with Gasteiger partial charge in [0.15, 0.2) is 5.13 Å². The summed E-state index contributed by atoms with van der Waals surface area (Å²) in [5.41, 5.74) is 0. The minimum absolute atomic E-state index is 0.0281. The quantitative estimate of drug-likeness (QED) is 0.807. The zero-order chi connectivity index (χ0) is 12.3. The van der Waals surface area contributed by atoms with Crippen molar-refractivity contribution in [1.82, 2.24) is 9.88 Å². The number of rotatable bonds is 6. The summed E-state index contributed by atoms with van der Waals surface area (Å²) >= 11 is 1.45. The minimum Gasteiger partial charge on any atom is -0.395 e. The van der Waals surface area contributed by atoms with Crippen LogP contribution in [0.2, 0.25) is 0 Å². The largest absolute Gasteiger partial charge is 0.395 e. The Morgan fingerprint density at radius 2 is 2.41 bits per heavy atom. The lowest BCUT2D eigenvalue weighted by atomic mass is 10.4. The van der Waals surface area contributed by atoms with E-state index >= 15 is 0 Å². The van der Waals surface area contributed by atoms with E-state index < -0.39 is 0 Å². The number of amides is 1. The maximum Gasteiger partial charge on any atom is 0.242 e. The van der Waals surface area contributed by atoms with E-state index in [9.17, 15) is 4.79 Å². The molecular formula is C11H17N3O2S. The zero-order valence-corrected chi connectivity index (χ0v) is 10.7. The van der Waals surface area contributed by atoms with Crippen molar-refractivity contribution < 1.29 is 9.90 Å². The van der Waals surface area contributed by atoms with Gasteiger partial charge in [0.05, 0.1) is 13.2 Å². The van der Waals surface area contributed by atoms with Crippen molar-refractivity contribution in [3.8, 4) is 0 Å². The van der Waals surface area contributed by atoms with Crippen molar-refractivity contribution in [2.45, 2.75) is 18.9 Å². The topological polar surface area (TPSA) is 56.7 Å². The second-order valence-electron chi connectivity index (χ2n) is 4.19. The van der Waals surface area contributed by atoms with Crippen molar-refractivity contribution in [2.75, 3.05) is 31.6 Å². The van der Waals surface area contributed by atoms with Gasteiger partial charge in [-0.05, 0) is 12.8 Å².